The van der Waals surface area contributed by atoms with Crippen LogP contribution in [0.5, 0.6) is 0 Å². The third kappa shape index (κ3) is 8.91. The number of hydrogen-bond acceptors (Lipinski definition) is 9. The number of ether oxygens (including phenoxy) is 2. The highest BCUT2D eigenvalue weighted by Gasteiger charge is 2.64. The molecule has 0 aromatic heterocycles. The second-order valence-corrected chi connectivity index (χ2v) is 17.7. The van der Waals surface area contributed by atoms with Crippen molar-refractivity contribution in [3.05, 3.63) is 47.8 Å². The van der Waals surface area contributed by atoms with Gasteiger partial charge in [0.2, 0.25) is 27.4 Å². The van der Waals surface area contributed by atoms with Gasteiger partial charge in [0.05, 0.1) is 12.1 Å². The first-order chi connectivity index (χ1) is 25.5. The van der Waals surface area contributed by atoms with Crippen molar-refractivity contribution in [2.45, 2.75) is 113 Å². The lowest BCUT2D eigenvalue weighted by Gasteiger charge is -2.34. The molecule has 304 valence electrons. The Morgan fingerprint density at radius 1 is 1.09 bits per heavy atom. The van der Waals surface area contributed by atoms with Crippen molar-refractivity contribution in [2.24, 2.45) is 17.8 Å². The predicted molar refractivity (Wildman–Crippen MR) is 185 cm³/mol. The van der Waals surface area contributed by atoms with Crippen LogP contribution in [0.2, 0.25) is 0 Å². The fourth-order valence-corrected chi connectivity index (χ4v) is 8.46. The molecule has 19 heteroatoms. The summed E-state index contributed by atoms with van der Waals surface area (Å²) < 4.78 is 105. The number of allylic oxidation sites excluding steroid dienone is 1. The predicted octanol–water partition coefficient (Wildman–Crippen LogP) is 4.22. The number of sulfonamides is 1. The van der Waals surface area contributed by atoms with Crippen molar-refractivity contribution < 1.29 is 63.8 Å². The standard InChI is InChI=1S/C36H45F5N4O9S/c1-20-8-5-6-10-23-17-35(23,31(49)44-55(51,52)34(19-37)12-13-34)43-28(46)26-16-25(53-30(48)22-9-7-11-24(38)15-22)18-45(26)29(47)27(21(2)14-20)42-32(50)54-33(3,4)36(39,40)41/h6-7,9-11,15,20-21,23,25-27H,5,8,12-14,16-19H2,1-4H3,(H,42,50)(H,43,46)(H,44,49)/b10-6-/t20-,21+,23?,25+,26-,27-,35+/m0/s1. The van der Waals surface area contributed by atoms with Gasteiger partial charge in [-0.3, -0.25) is 19.1 Å². The Kier molecular flexibility index (Phi) is 11.7. The number of fused-ring (bicyclic) bond motifs is 2. The number of rotatable bonds is 8. The molecular formula is C36H45F5N4O9S. The summed E-state index contributed by atoms with van der Waals surface area (Å²) in [5.74, 6) is -6.30. The van der Waals surface area contributed by atoms with Crippen LogP contribution in [0.1, 0.15) is 83.0 Å². The van der Waals surface area contributed by atoms with Gasteiger partial charge in [-0.2, -0.15) is 13.2 Å². The van der Waals surface area contributed by atoms with E-state index in [1.807, 2.05) is 11.6 Å². The minimum absolute atomic E-state index is 0.00324. The molecule has 4 aliphatic rings. The van der Waals surface area contributed by atoms with Gasteiger partial charge in [0.1, 0.15) is 41.0 Å². The van der Waals surface area contributed by atoms with E-state index in [1.54, 1.807) is 19.1 Å². The molecular weight excluding hydrogens is 759 g/mol. The lowest BCUT2D eigenvalue weighted by Crippen LogP contribution is -2.60. The molecule has 13 nitrogen and oxygen atoms in total. The smallest absolute Gasteiger partial charge is 0.427 e. The lowest BCUT2D eigenvalue weighted by atomic mass is 9.88. The van der Waals surface area contributed by atoms with Crippen molar-refractivity contribution in [3.63, 3.8) is 0 Å². The summed E-state index contributed by atoms with van der Waals surface area (Å²) in [5, 5.41) is 4.86. The van der Waals surface area contributed by atoms with E-state index < -0.39 is 111 Å². The number of carbonyl (C=O) groups is 5. The Morgan fingerprint density at radius 3 is 2.40 bits per heavy atom. The summed E-state index contributed by atoms with van der Waals surface area (Å²) >= 11 is 0. The molecule has 0 bridgehead atoms. The van der Waals surface area contributed by atoms with Gasteiger partial charge in [0, 0.05) is 12.3 Å². The van der Waals surface area contributed by atoms with Gasteiger partial charge >= 0.3 is 18.2 Å². The number of amides is 4. The highest BCUT2D eigenvalue weighted by atomic mass is 32.2. The highest BCUT2D eigenvalue weighted by molar-refractivity contribution is 7.91. The third-order valence-corrected chi connectivity index (χ3v) is 13.0. The van der Waals surface area contributed by atoms with E-state index >= 15 is 0 Å². The van der Waals surface area contributed by atoms with Crippen molar-refractivity contribution in [1.82, 2.24) is 20.3 Å². The van der Waals surface area contributed by atoms with Crippen molar-refractivity contribution in [2.75, 3.05) is 13.2 Å². The molecule has 0 spiro atoms. The number of alkyl halides is 4. The first-order valence-electron chi connectivity index (χ1n) is 18.0. The summed E-state index contributed by atoms with van der Waals surface area (Å²) in [6, 6.07) is 1.48. The summed E-state index contributed by atoms with van der Waals surface area (Å²) in [6.07, 6.45) is -3.47. The van der Waals surface area contributed by atoms with Gasteiger partial charge in [0.25, 0.3) is 5.91 Å². The minimum atomic E-state index is -4.96. The molecule has 1 aromatic rings. The zero-order chi connectivity index (χ0) is 40.7. The lowest BCUT2D eigenvalue weighted by molar-refractivity contribution is -0.244. The molecule has 2 aliphatic heterocycles. The first-order valence-corrected chi connectivity index (χ1v) is 19.5. The van der Waals surface area contributed by atoms with Gasteiger partial charge in [-0.15, -0.1) is 0 Å². The Bertz CT molecular complexity index is 1840. The molecule has 0 radical (unpaired) electrons. The second kappa shape index (κ2) is 15.3. The van der Waals surface area contributed by atoms with Gasteiger partial charge in [-0.05, 0) is 82.4 Å². The summed E-state index contributed by atoms with van der Waals surface area (Å²) in [6.45, 7) is 3.03. The Balaban J connectivity index is 1.49. The number of carbonyl (C=O) groups excluding carboxylic acids is 5. The number of benzene rings is 1. The molecule has 1 unspecified atom stereocenters. The van der Waals surface area contributed by atoms with E-state index in [9.17, 15) is 54.3 Å². The normalized spacial score (nSPS) is 30.3. The zero-order valence-corrected chi connectivity index (χ0v) is 31.5. The molecule has 3 N–H and O–H groups in total. The number of nitrogens with one attached hydrogen (secondary N) is 3. The highest BCUT2D eigenvalue weighted by Crippen LogP contribution is 2.48. The van der Waals surface area contributed by atoms with Crippen LogP contribution in [0.15, 0.2) is 36.4 Å². The number of esters is 1. The molecule has 1 saturated heterocycles. The van der Waals surface area contributed by atoms with Crippen LogP contribution in [0, 0.1) is 23.6 Å². The monoisotopic (exact) mass is 804 g/mol. The molecule has 3 fully saturated rings. The van der Waals surface area contributed by atoms with E-state index in [2.05, 4.69) is 10.6 Å². The van der Waals surface area contributed by atoms with Crippen molar-refractivity contribution in [1.29, 1.82) is 0 Å². The number of nitrogens with zero attached hydrogens (tertiary/aromatic N) is 1. The molecule has 2 aliphatic carbocycles. The Morgan fingerprint density at radius 2 is 1.78 bits per heavy atom. The molecule has 7 atom stereocenters. The average molecular weight is 805 g/mol. The molecule has 2 heterocycles. The maximum absolute atomic E-state index is 14.5. The zero-order valence-electron chi connectivity index (χ0n) is 30.7. The van der Waals surface area contributed by atoms with Crippen LogP contribution in [0.4, 0.5) is 26.7 Å². The summed E-state index contributed by atoms with van der Waals surface area (Å²) in [5.41, 5.74) is -4.95. The van der Waals surface area contributed by atoms with Crippen LogP contribution in [0.25, 0.3) is 0 Å². The van der Waals surface area contributed by atoms with E-state index in [-0.39, 0.29) is 43.6 Å². The first kappa shape index (κ1) is 41.9. The fourth-order valence-electron chi connectivity index (χ4n) is 7.03. The second-order valence-electron chi connectivity index (χ2n) is 15.6. The number of halogens is 5. The van der Waals surface area contributed by atoms with E-state index in [4.69, 9.17) is 9.47 Å². The van der Waals surface area contributed by atoms with Gasteiger partial charge in [0.15, 0.2) is 0 Å². The Labute approximate surface area is 315 Å². The third-order valence-electron chi connectivity index (χ3n) is 10.9. The van der Waals surface area contributed by atoms with Crippen molar-refractivity contribution in [3.8, 4) is 0 Å². The largest absolute Gasteiger partial charge is 0.457 e. The van der Waals surface area contributed by atoms with Crippen LogP contribution in [0.3, 0.4) is 0 Å². The summed E-state index contributed by atoms with van der Waals surface area (Å²) in [7, 11) is -4.50. The van der Waals surface area contributed by atoms with Gasteiger partial charge in [-0.1, -0.05) is 32.1 Å². The van der Waals surface area contributed by atoms with Gasteiger partial charge in [-0.25, -0.2) is 26.8 Å². The van der Waals surface area contributed by atoms with E-state index in [0.29, 0.717) is 26.7 Å². The molecule has 4 amide bonds. The van der Waals surface area contributed by atoms with E-state index in [0.717, 1.165) is 17.0 Å². The molecule has 5 rings (SSSR count). The maximum atomic E-state index is 14.5. The van der Waals surface area contributed by atoms with Crippen LogP contribution in [-0.4, -0.2) is 96.6 Å². The maximum Gasteiger partial charge on any atom is 0.427 e. The van der Waals surface area contributed by atoms with Crippen LogP contribution < -0.4 is 15.4 Å². The van der Waals surface area contributed by atoms with E-state index in [1.165, 1.54) is 12.1 Å². The van der Waals surface area contributed by atoms with Crippen molar-refractivity contribution >= 4 is 39.8 Å². The average Bonchev–Trinajstić information content (AvgIpc) is 3.99. The fraction of sp³-hybridized carbons (Fsp3) is 0.639. The van der Waals surface area contributed by atoms with Gasteiger partial charge < -0.3 is 25.0 Å². The summed E-state index contributed by atoms with van der Waals surface area (Å²) in [4.78, 5) is 69.4. The minimum Gasteiger partial charge on any atom is -0.457 e. The molecule has 2 saturated carbocycles. The number of hydrogen-bond donors (Lipinski definition) is 3. The van der Waals surface area contributed by atoms with Crippen LogP contribution in [-0.2, 0) is 33.9 Å². The Hall–Kier alpha value is -4.29. The molecule has 1 aromatic carbocycles. The SMILES string of the molecule is C[C@H]1CC/C=C\C2C[C@@]2(C(=O)NS(=O)(=O)C2(CF)CC2)NC(=O)[C@@H]2C[C@@H](OC(=O)c3cccc(F)c3)CN2C(=O)[C@@H](NC(=O)OC(C)(C)C(F)(F)F)[C@H](C)C1. The molecule has 55 heavy (non-hydrogen) atoms. The topological polar surface area (TPSA) is 177 Å². The number of alkyl carbamates (subject to hydrolysis) is 1. The quantitative estimate of drug-likeness (QED) is 0.197. The van der Waals surface area contributed by atoms with Crippen LogP contribution >= 0.6 is 0 Å².